The number of benzene rings is 1. The van der Waals surface area contributed by atoms with Crippen LogP contribution in [-0.4, -0.2) is 5.78 Å². The average molecular weight is 202 g/mol. The van der Waals surface area contributed by atoms with Gasteiger partial charge in [-0.1, -0.05) is 42.8 Å². The molecule has 0 spiro atoms. The summed E-state index contributed by atoms with van der Waals surface area (Å²) in [5, 5.41) is 0. The highest BCUT2D eigenvalue weighted by molar-refractivity contribution is 5.97. The normalized spacial score (nSPS) is 9.80. The lowest BCUT2D eigenvalue weighted by atomic mass is 9.99. The van der Waals surface area contributed by atoms with E-state index in [0.29, 0.717) is 6.42 Å². The molecule has 1 aromatic rings. The Labute approximate surface area is 91.8 Å². The molecule has 0 unspecified atom stereocenters. The van der Waals surface area contributed by atoms with Crippen molar-refractivity contribution >= 4 is 5.78 Å². The van der Waals surface area contributed by atoms with Crippen LogP contribution in [0.4, 0.5) is 0 Å². The van der Waals surface area contributed by atoms with Crippen molar-refractivity contribution in [2.45, 2.75) is 33.6 Å². The molecule has 0 aliphatic rings. The van der Waals surface area contributed by atoms with Crippen LogP contribution in [0.25, 0.3) is 0 Å². The van der Waals surface area contributed by atoms with Crippen molar-refractivity contribution < 1.29 is 4.79 Å². The second-order valence-electron chi connectivity index (χ2n) is 3.92. The van der Waals surface area contributed by atoms with Crippen LogP contribution in [0.2, 0.25) is 0 Å². The third-order valence-electron chi connectivity index (χ3n) is 2.37. The van der Waals surface area contributed by atoms with E-state index in [0.717, 1.165) is 17.5 Å². The highest BCUT2D eigenvalue weighted by atomic mass is 16.1. The molecule has 1 rings (SSSR count). The first-order valence-electron chi connectivity index (χ1n) is 5.39. The molecule has 0 radical (unpaired) electrons. The Morgan fingerprint density at radius 1 is 1.27 bits per heavy atom. The van der Waals surface area contributed by atoms with Gasteiger partial charge in [0.15, 0.2) is 5.78 Å². The van der Waals surface area contributed by atoms with Crippen LogP contribution >= 0.6 is 0 Å². The predicted octanol–water partition coefficient (Wildman–Crippen LogP) is 3.79. The minimum atomic E-state index is 0.229. The number of carbonyl (C=O) groups excluding carboxylic acids is 1. The van der Waals surface area contributed by atoms with E-state index in [4.69, 9.17) is 0 Å². The second-order valence-corrected chi connectivity index (χ2v) is 3.92. The number of hydrogen-bond acceptors (Lipinski definition) is 1. The molecule has 0 saturated heterocycles. The summed E-state index contributed by atoms with van der Waals surface area (Å²) in [6, 6.07) is 7.86. The van der Waals surface area contributed by atoms with Gasteiger partial charge in [0.25, 0.3) is 0 Å². The molecule has 1 aromatic carbocycles. The van der Waals surface area contributed by atoms with Crippen molar-refractivity contribution in [3.63, 3.8) is 0 Å². The fourth-order valence-corrected chi connectivity index (χ4v) is 1.47. The molecular formula is C14H18O. The Hall–Kier alpha value is -1.37. The monoisotopic (exact) mass is 202 g/mol. The van der Waals surface area contributed by atoms with Crippen molar-refractivity contribution in [2.75, 3.05) is 0 Å². The van der Waals surface area contributed by atoms with Crippen molar-refractivity contribution in [3.05, 3.63) is 47.0 Å². The summed E-state index contributed by atoms with van der Waals surface area (Å²) < 4.78 is 0. The first kappa shape index (κ1) is 11.7. The largest absolute Gasteiger partial charge is 0.294 e. The van der Waals surface area contributed by atoms with Crippen LogP contribution in [0.1, 0.15) is 43.1 Å². The van der Waals surface area contributed by atoms with Crippen LogP contribution in [0.5, 0.6) is 0 Å². The number of Topliss-reactive ketones (excluding diaryl/α,β-unsaturated/α-hetero) is 1. The minimum Gasteiger partial charge on any atom is -0.294 e. The lowest BCUT2D eigenvalue weighted by Gasteiger charge is -2.05. The summed E-state index contributed by atoms with van der Waals surface area (Å²) in [5.41, 5.74) is 3.29. The smallest absolute Gasteiger partial charge is 0.162 e. The molecule has 0 saturated carbocycles. The summed E-state index contributed by atoms with van der Waals surface area (Å²) in [5.74, 6) is 0.229. The summed E-state index contributed by atoms with van der Waals surface area (Å²) >= 11 is 0. The van der Waals surface area contributed by atoms with Gasteiger partial charge in [-0.3, -0.25) is 4.79 Å². The Morgan fingerprint density at radius 2 is 1.93 bits per heavy atom. The summed E-state index contributed by atoms with van der Waals surface area (Å²) in [4.78, 5) is 11.7. The molecule has 1 nitrogen and oxygen atoms in total. The lowest BCUT2D eigenvalue weighted by molar-refractivity contribution is 0.0987. The van der Waals surface area contributed by atoms with E-state index in [9.17, 15) is 4.79 Å². The molecule has 0 atom stereocenters. The molecule has 0 aromatic heterocycles. The van der Waals surface area contributed by atoms with Gasteiger partial charge in [0.2, 0.25) is 0 Å². The van der Waals surface area contributed by atoms with Gasteiger partial charge in [-0.15, -0.1) is 0 Å². The zero-order valence-corrected chi connectivity index (χ0v) is 9.71. The Bertz CT molecular complexity index is 371. The summed E-state index contributed by atoms with van der Waals surface area (Å²) in [6.45, 7) is 6.05. The van der Waals surface area contributed by atoms with Gasteiger partial charge >= 0.3 is 0 Å². The maximum atomic E-state index is 11.7. The van der Waals surface area contributed by atoms with Gasteiger partial charge in [-0.25, -0.2) is 0 Å². The summed E-state index contributed by atoms with van der Waals surface area (Å²) in [7, 11) is 0. The maximum Gasteiger partial charge on any atom is 0.162 e. The van der Waals surface area contributed by atoms with Crippen LogP contribution in [0, 0.1) is 0 Å². The van der Waals surface area contributed by atoms with E-state index in [1.54, 1.807) is 0 Å². The van der Waals surface area contributed by atoms with Crippen LogP contribution < -0.4 is 0 Å². The van der Waals surface area contributed by atoms with E-state index in [1.165, 1.54) is 5.57 Å². The fourth-order valence-electron chi connectivity index (χ4n) is 1.47. The molecule has 0 heterocycles. The molecule has 0 bridgehead atoms. The van der Waals surface area contributed by atoms with E-state index < -0.39 is 0 Å². The first-order chi connectivity index (χ1) is 7.15. The highest BCUT2D eigenvalue weighted by Crippen LogP contribution is 2.13. The van der Waals surface area contributed by atoms with Gasteiger partial charge in [0.05, 0.1) is 0 Å². The Balaban J connectivity index is 2.96. The molecule has 0 fully saturated rings. The van der Waals surface area contributed by atoms with Gasteiger partial charge in [0, 0.05) is 12.0 Å². The van der Waals surface area contributed by atoms with Crippen molar-refractivity contribution in [1.29, 1.82) is 0 Å². The van der Waals surface area contributed by atoms with Crippen molar-refractivity contribution in [1.82, 2.24) is 0 Å². The second kappa shape index (κ2) is 5.50. The van der Waals surface area contributed by atoms with Gasteiger partial charge in [0.1, 0.15) is 0 Å². The number of rotatable bonds is 4. The molecule has 80 valence electrons. The number of hydrogen-bond donors (Lipinski definition) is 0. The zero-order chi connectivity index (χ0) is 11.3. The van der Waals surface area contributed by atoms with E-state index in [1.807, 2.05) is 31.2 Å². The van der Waals surface area contributed by atoms with E-state index in [-0.39, 0.29) is 5.78 Å². The summed E-state index contributed by atoms with van der Waals surface area (Å²) in [6.07, 6.45) is 3.58. The van der Waals surface area contributed by atoms with E-state index >= 15 is 0 Å². The molecule has 0 amide bonds. The topological polar surface area (TPSA) is 17.1 Å². The maximum absolute atomic E-state index is 11.7. The Kier molecular flexibility index (Phi) is 4.29. The number of carbonyl (C=O) groups is 1. The third kappa shape index (κ3) is 3.35. The quantitative estimate of drug-likeness (QED) is 0.536. The van der Waals surface area contributed by atoms with E-state index in [2.05, 4.69) is 19.9 Å². The zero-order valence-electron chi connectivity index (χ0n) is 9.71. The highest BCUT2D eigenvalue weighted by Gasteiger charge is 2.06. The third-order valence-corrected chi connectivity index (χ3v) is 2.37. The van der Waals surface area contributed by atoms with Crippen LogP contribution in [0.15, 0.2) is 35.9 Å². The molecule has 15 heavy (non-hydrogen) atoms. The van der Waals surface area contributed by atoms with Gasteiger partial charge in [-0.2, -0.15) is 0 Å². The standard InChI is InChI=1S/C14H18O/c1-4-14(15)13-8-6-5-7-12(13)10-9-11(2)3/h5-9H,4,10H2,1-3H3. The minimum absolute atomic E-state index is 0.229. The number of allylic oxidation sites excluding steroid dienone is 2. The average Bonchev–Trinajstić information content (AvgIpc) is 2.25. The molecule has 0 N–H and O–H groups in total. The molecule has 0 aliphatic heterocycles. The van der Waals surface area contributed by atoms with Gasteiger partial charge in [-0.05, 0) is 25.8 Å². The van der Waals surface area contributed by atoms with Gasteiger partial charge < -0.3 is 0 Å². The lowest BCUT2D eigenvalue weighted by Crippen LogP contribution is -2.01. The molecule has 0 aliphatic carbocycles. The first-order valence-corrected chi connectivity index (χ1v) is 5.39. The van der Waals surface area contributed by atoms with Crippen LogP contribution in [-0.2, 0) is 6.42 Å². The molecule has 1 heteroatoms. The van der Waals surface area contributed by atoms with Crippen molar-refractivity contribution in [3.8, 4) is 0 Å². The Morgan fingerprint density at radius 3 is 2.53 bits per heavy atom. The van der Waals surface area contributed by atoms with Crippen LogP contribution in [0.3, 0.4) is 0 Å². The predicted molar refractivity (Wildman–Crippen MR) is 64.2 cm³/mol. The molecular weight excluding hydrogens is 184 g/mol. The number of ketones is 1. The van der Waals surface area contributed by atoms with Crippen molar-refractivity contribution in [2.24, 2.45) is 0 Å². The SMILES string of the molecule is CCC(=O)c1ccccc1CC=C(C)C. The fraction of sp³-hybridized carbons (Fsp3) is 0.357.